The summed E-state index contributed by atoms with van der Waals surface area (Å²) in [6.45, 7) is 0.0863. The number of amides is 1. The second-order valence-electron chi connectivity index (χ2n) is 7.37. The zero-order valence-electron chi connectivity index (χ0n) is 17.8. The predicted molar refractivity (Wildman–Crippen MR) is 116 cm³/mol. The van der Waals surface area contributed by atoms with Gasteiger partial charge in [-0.2, -0.15) is 17.5 Å². The molecule has 0 spiro atoms. The van der Waals surface area contributed by atoms with Crippen molar-refractivity contribution in [1.82, 2.24) is 4.31 Å². The number of carbonyl (C=O) groups is 1. The van der Waals surface area contributed by atoms with Crippen LogP contribution in [0.5, 0.6) is 11.5 Å². The normalized spacial score (nSPS) is 15.8. The number of hydrogen-bond donors (Lipinski definition) is 1. The highest BCUT2D eigenvalue weighted by Gasteiger charge is 2.36. The van der Waals surface area contributed by atoms with Gasteiger partial charge in [0.05, 0.1) is 30.4 Å². The number of hydrogen-bond acceptors (Lipinski definition) is 5. The van der Waals surface area contributed by atoms with Crippen LogP contribution in [0.25, 0.3) is 0 Å². The minimum atomic E-state index is -4.69. The molecule has 33 heavy (non-hydrogen) atoms. The van der Waals surface area contributed by atoms with Gasteiger partial charge >= 0.3 is 6.18 Å². The fourth-order valence-corrected chi connectivity index (χ4v) is 5.24. The Labute approximate surface area is 194 Å². The zero-order chi connectivity index (χ0) is 24.4. The molecule has 1 N–H and O–H groups in total. The Bertz CT molecular complexity index is 1130. The number of benzene rings is 2. The molecule has 1 saturated heterocycles. The third-order valence-corrected chi connectivity index (χ3v) is 7.49. The van der Waals surface area contributed by atoms with Crippen LogP contribution in [0, 0.1) is 5.92 Å². The Morgan fingerprint density at radius 1 is 1.06 bits per heavy atom. The van der Waals surface area contributed by atoms with Crippen LogP contribution in [-0.2, 0) is 21.0 Å². The van der Waals surface area contributed by atoms with Gasteiger partial charge in [0.25, 0.3) is 0 Å². The summed E-state index contributed by atoms with van der Waals surface area (Å²) in [6, 6.07) is 7.33. The van der Waals surface area contributed by atoms with E-state index in [1.807, 2.05) is 0 Å². The fraction of sp³-hybridized carbons (Fsp3) is 0.381. The quantitative estimate of drug-likeness (QED) is 0.627. The van der Waals surface area contributed by atoms with Crippen LogP contribution in [0.4, 0.5) is 18.9 Å². The first-order valence-corrected chi connectivity index (χ1v) is 11.7. The third-order valence-electron chi connectivity index (χ3n) is 5.36. The Hall–Kier alpha value is -2.50. The molecule has 0 saturated carbocycles. The van der Waals surface area contributed by atoms with Crippen molar-refractivity contribution in [2.75, 3.05) is 32.6 Å². The van der Waals surface area contributed by atoms with Gasteiger partial charge in [-0.25, -0.2) is 8.42 Å². The maximum atomic E-state index is 13.3. The topological polar surface area (TPSA) is 84.9 Å². The van der Waals surface area contributed by atoms with Crippen LogP contribution in [-0.4, -0.2) is 45.9 Å². The number of halogens is 4. The minimum Gasteiger partial charge on any atom is -0.493 e. The molecule has 0 unspecified atom stereocenters. The van der Waals surface area contributed by atoms with Crippen LogP contribution in [0.3, 0.4) is 0 Å². The first-order chi connectivity index (χ1) is 15.5. The van der Waals surface area contributed by atoms with Gasteiger partial charge in [-0.15, -0.1) is 0 Å². The maximum absolute atomic E-state index is 13.3. The van der Waals surface area contributed by atoms with E-state index in [9.17, 15) is 26.4 Å². The Morgan fingerprint density at radius 2 is 1.70 bits per heavy atom. The molecule has 1 aliphatic heterocycles. The lowest BCUT2D eigenvalue weighted by molar-refractivity contribution is -0.137. The zero-order valence-corrected chi connectivity index (χ0v) is 19.4. The number of ether oxygens (including phenoxy) is 2. The highest BCUT2D eigenvalue weighted by Crippen LogP contribution is 2.37. The van der Waals surface area contributed by atoms with Crippen molar-refractivity contribution >= 4 is 33.2 Å². The van der Waals surface area contributed by atoms with Crippen molar-refractivity contribution in [3.05, 3.63) is 47.0 Å². The highest BCUT2D eigenvalue weighted by molar-refractivity contribution is 7.89. The molecule has 180 valence electrons. The van der Waals surface area contributed by atoms with E-state index in [-0.39, 0.29) is 41.6 Å². The lowest BCUT2D eigenvalue weighted by Gasteiger charge is -2.30. The first-order valence-electron chi connectivity index (χ1n) is 9.87. The highest BCUT2D eigenvalue weighted by atomic mass is 35.5. The molecule has 0 bridgehead atoms. The van der Waals surface area contributed by atoms with E-state index in [0.717, 1.165) is 12.1 Å². The summed E-state index contributed by atoms with van der Waals surface area (Å²) in [5.74, 6) is -0.604. The summed E-state index contributed by atoms with van der Waals surface area (Å²) < 4.78 is 77.3. The number of methoxy groups -OCH3 is 2. The predicted octanol–water partition coefficient (Wildman–Crippen LogP) is 4.42. The Balaban J connectivity index is 1.69. The summed E-state index contributed by atoms with van der Waals surface area (Å²) in [4.78, 5) is 12.6. The first kappa shape index (κ1) is 25.1. The monoisotopic (exact) mass is 506 g/mol. The van der Waals surface area contributed by atoms with Crippen molar-refractivity contribution in [3.8, 4) is 11.5 Å². The molecule has 7 nitrogen and oxygen atoms in total. The smallest absolute Gasteiger partial charge is 0.418 e. The van der Waals surface area contributed by atoms with Gasteiger partial charge in [0.2, 0.25) is 15.9 Å². The number of carbonyl (C=O) groups excluding carboxylic acids is 1. The molecule has 2 aromatic carbocycles. The van der Waals surface area contributed by atoms with Crippen LogP contribution in [0.2, 0.25) is 5.02 Å². The van der Waals surface area contributed by atoms with E-state index in [2.05, 4.69) is 5.32 Å². The van der Waals surface area contributed by atoms with E-state index in [1.54, 1.807) is 0 Å². The van der Waals surface area contributed by atoms with Gasteiger partial charge in [-0.3, -0.25) is 4.79 Å². The molecular formula is C21H22ClF3N2O5S. The number of nitrogens with zero attached hydrogens (tertiary/aromatic N) is 1. The summed E-state index contributed by atoms with van der Waals surface area (Å²) in [5, 5.41) is 2.21. The second kappa shape index (κ2) is 9.78. The van der Waals surface area contributed by atoms with Gasteiger partial charge in [0.15, 0.2) is 11.5 Å². The van der Waals surface area contributed by atoms with E-state index in [1.165, 1.54) is 42.8 Å². The van der Waals surface area contributed by atoms with Crippen LogP contribution < -0.4 is 14.8 Å². The summed E-state index contributed by atoms with van der Waals surface area (Å²) in [5.41, 5.74) is -1.44. The largest absolute Gasteiger partial charge is 0.493 e. The number of rotatable bonds is 6. The lowest BCUT2D eigenvalue weighted by Crippen LogP contribution is -2.41. The number of piperidine rings is 1. The Kier molecular flexibility index (Phi) is 7.45. The maximum Gasteiger partial charge on any atom is 0.418 e. The summed E-state index contributed by atoms with van der Waals surface area (Å²) in [6.07, 6.45) is -4.37. The van der Waals surface area contributed by atoms with E-state index >= 15 is 0 Å². The van der Waals surface area contributed by atoms with Crippen molar-refractivity contribution in [1.29, 1.82) is 0 Å². The number of sulfonamides is 1. The fourth-order valence-electron chi connectivity index (χ4n) is 3.58. The molecule has 3 rings (SSSR count). The van der Waals surface area contributed by atoms with Crippen LogP contribution in [0.1, 0.15) is 18.4 Å². The Morgan fingerprint density at radius 3 is 2.27 bits per heavy atom. The van der Waals surface area contributed by atoms with Crippen molar-refractivity contribution < 1.29 is 35.9 Å². The molecule has 12 heteroatoms. The molecule has 1 aliphatic rings. The van der Waals surface area contributed by atoms with Crippen molar-refractivity contribution in [2.24, 2.45) is 5.92 Å². The minimum absolute atomic E-state index is 0.0130. The number of alkyl halides is 3. The van der Waals surface area contributed by atoms with Crippen LogP contribution in [0.15, 0.2) is 41.3 Å². The molecule has 2 aromatic rings. The molecule has 1 fully saturated rings. The molecule has 0 atom stereocenters. The molecule has 0 aliphatic carbocycles. The van der Waals surface area contributed by atoms with Gasteiger partial charge in [-0.1, -0.05) is 11.6 Å². The molecule has 1 heterocycles. The van der Waals surface area contributed by atoms with Crippen LogP contribution >= 0.6 is 11.6 Å². The van der Waals surface area contributed by atoms with E-state index in [0.29, 0.717) is 5.75 Å². The summed E-state index contributed by atoms with van der Waals surface area (Å²) in [7, 11) is -1.03. The second-order valence-corrected chi connectivity index (χ2v) is 9.75. The average Bonchev–Trinajstić information content (AvgIpc) is 2.79. The van der Waals surface area contributed by atoms with Crippen molar-refractivity contribution in [3.63, 3.8) is 0 Å². The molecule has 0 radical (unpaired) electrons. The van der Waals surface area contributed by atoms with E-state index < -0.39 is 39.3 Å². The summed E-state index contributed by atoms with van der Waals surface area (Å²) >= 11 is 5.66. The van der Waals surface area contributed by atoms with Gasteiger partial charge in [0, 0.05) is 30.1 Å². The molecule has 0 aromatic heterocycles. The van der Waals surface area contributed by atoms with E-state index in [4.69, 9.17) is 21.1 Å². The van der Waals surface area contributed by atoms with Crippen molar-refractivity contribution in [2.45, 2.75) is 23.9 Å². The molecule has 1 amide bonds. The average molecular weight is 507 g/mol. The standard InChI is InChI=1S/C21H22ClF3N2O5S/c1-31-18-6-4-15(12-19(18)32-2)33(29,30)27-9-7-13(8-10-27)20(28)26-17-5-3-14(22)11-16(17)21(23,24)25/h3-6,11-13H,7-10H2,1-2H3,(H,26,28). The van der Waals surface area contributed by atoms with Gasteiger partial charge < -0.3 is 14.8 Å². The lowest BCUT2D eigenvalue weighted by atomic mass is 9.97. The molecular weight excluding hydrogens is 485 g/mol. The van der Waals surface area contributed by atoms with Gasteiger partial charge in [0.1, 0.15) is 0 Å². The SMILES string of the molecule is COc1ccc(S(=O)(=O)N2CCC(C(=O)Nc3ccc(Cl)cc3C(F)(F)F)CC2)cc1OC. The third kappa shape index (κ3) is 5.53. The number of anilines is 1. The number of nitrogens with one attached hydrogen (secondary N) is 1. The van der Waals surface area contributed by atoms with Gasteiger partial charge in [-0.05, 0) is 43.2 Å².